The quantitative estimate of drug-likeness (QED) is 0.522. The second kappa shape index (κ2) is 8.39. The topological polar surface area (TPSA) is 96.8 Å². The number of hydrogen-bond acceptors (Lipinski definition) is 6. The second-order valence-corrected chi connectivity index (χ2v) is 7.48. The Hall–Kier alpha value is -2.94. The number of amides is 1. The number of piperidine rings is 1. The number of hydrogen-bond donors (Lipinski definition) is 1. The van der Waals surface area contributed by atoms with Gasteiger partial charge in [-0.25, -0.2) is 24.4 Å². The van der Waals surface area contributed by atoms with Crippen molar-refractivity contribution in [3.63, 3.8) is 0 Å². The highest BCUT2D eigenvalue weighted by Crippen LogP contribution is 2.27. The van der Waals surface area contributed by atoms with Gasteiger partial charge in [0.05, 0.1) is 11.4 Å². The Labute approximate surface area is 166 Å². The van der Waals surface area contributed by atoms with Crippen molar-refractivity contribution in [1.29, 1.82) is 0 Å². The Morgan fingerprint density at radius 2 is 1.82 bits per heavy atom. The number of benzene rings is 1. The van der Waals surface area contributed by atoms with Crippen molar-refractivity contribution >= 4 is 17.7 Å². The predicted octanol–water partition coefficient (Wildman–Crippen LogP) is 1.85. The lowest BCUT2D eigenvalue weighted by Crippen LogP contribution is -2.39. The van der Waals surface area contributed by atoms with Crippen LogP contribution in [0.5, 0.6) is 0 Å². The van der Waals surface area contributed by atoms with Gasteiger partial charge in [0.25, 0.3) is 0 Å². The number of rotatable bonds is 5. The Kier molecular flexibility index (Phi) is 5.52. The normalized spacial score (nSPS) is 14.9. The Morgan fingerprint density at radius 1 is 1.11 bits per heavy atom. The summed E-state index contributed by atoms with van der Waals surface area (Å²) in [6.45, 7) is 1.30. The maximum atomic E-state index is 12.5. The van der Waals surface area contributed by atoms with E-state index >= 15 is 0 Å². The van der Waals surface area contributed by atoms with E-state index in [0.717, 1.165) is 24.4 Å². The molecule has 0 unspecified atom stereocenters. The van der Waals surface area contributed by atoms with E-state index in [2.05, 4.69) is 20.2 Å². The summed E-state index contributed by atoms with van der Waals surface area (Å²) in [7, 11) is 0. The summed E-state index contributed by atoms with van der Waals surface area (Å²) in [5, 5.41) is 7.43. The third-order valence-electron chi connectivity index (χ3n) is 4.79. The van der Waals surface area contributed by atoms with E-state index in [9.17, 15) is 9.59 Å². The molecule has 1 amide bonds. The van der Waals surface area contributed by atoms with Gasteiger partial charge in [-0.3, -0.25) is 4.79 Å². The van der Waals surface area contributed by atoms with E-state index < -0.39 is 0 Å². The number of thioether (sulfide) groups is 1. The van der Waals surface area contributed by atoms with Crippen LogP contribution in [0.25, 0.3) is 5.69 Å². The lowest BCUT2D eigenvalue weighted by Gasteiger charge is -2.31. The molecule has 0 spiro atoms. The van der Waals surface area contributed by atoms with Crippen molar-refractivity contribution in [1.82, 2.24) is 29.6 Å². The zero-order valence-corrected chi connectivity index (χ0v) is 16.0. The van der Waals surface area contributed by atoms with Crippen LogP contribution >= 0.6 is 11.8 Å². The van der Waals surface area contributed by atoms with Gasteiger partial charge in [-0.15, -0.1) is 0 Å². The van der Waals surface area contributed by atoms with Crippen molar-refractivity contribution in [2.75, 3.05) is 18.8 Å². The van der Waals surface area contributed by atoms with E-state index in [1.54, 1.807) is 23.0 Å². The van der Waals surface area contributed by atoms with E-state index in [1.807, 2.05) is 35.2 Å². The zero-order chi connectivity index (χ0) is 19.3. The Bertz CT molecular complexity index is 980. The number of nitrogens with one attached hydrogen (secondary N) is 1. The highest BCUT2D eigenvalue weighted by molar-refractivity contribution is 7.99. The van der Waals surface area contributed by atoms with Crippen LogP contribution in [0.2, 0.25) is 0 Å². The van der Waals surface area contributed by atoms with Gasteiger partial charge in [0, 0.05) is 31.4 Å². The molecule has 9 heteroatoms. The first-order chi connectivity index (χ1) is 13.7. The van der Waals surface area contributed by atoms with Crippen molar-refractivity contribution in [3.05, 3.63) is 65.1 Å². The molecule has 28 heavy (non-hydrogen) atoms. The molecule has 3 heterocycles. The van der Waals surface area contributed by atoms with E-state index in [4.69, 9.17) is 0 Å². The predicted molar refractivity (Wildman–Crippen MR) is 105 cm³/mol. The fraction of sp³-hybridized carbons (Fsp3) is 0.316. The van der Waals surface area contributed by atoms with Crippen LogP contribution in [-0.2, 0) is 4.79 Å². The molecule has 1 N–H and O–H groups in total. The largest absolute Gasteiger partial charge is 0.347 e. The molecular weight excluding hydrogens is 376 g/mol. The number of aromatic nitrogens is 5. The van der Waals surface area contributed by atoms with Gasteiger partial charge in [0.15, 0.2) is 5.16 Å². The molecular formula is C19H20N6O2S. The maximum absolute atomic E-state index is 12.5. The molecule has 1 fully saturated rings. The first kappa shape index (κ1) is 18.4. The number of carbonyl (C=O) groups is 1. The smallest absolute Gasteiger partial charge is 0.342 e. The molecule has 1 aliphatic heterocycles. The second-order valence-electron chi connectivity index (χ2n) is 6.53. The molecule has 0 atom stereocenters. The van der Waals surface area contributed by atoms with Crippen LogP contribution in [0, 0.1) is 0 Å². The number of para-hydroxylation sites is 1. The van der Waals surface area contributed by atoms with Gasteiger partial charge >= 0.3 is 5.69 Å². The third kappa shape index (κ3) is 3.99. The van der Waals surface area contributed by atoms with E-state index in [-0.39, 0.29) is 17.5 Å². The maximum Gasteiger partial charge on any atom is 0.347 e. The van der Waals surface area contributed by atoms with Crippen LogP contribution < -0.4 is 5.69 Å². The fourth-order valence-electron chi connectivity index (χ4n) is 3.37. The van der Waals surface area contributed by atoms with Crippen LogP contribution in [0.15, 0.2) is 58.7 Å². The van der Waals surface area contributed by atoms with Crippen molar-refractivity contribution < 1.29 is 4.79 Å². The number of H-pyrrole nitrogens is 1. The van der Waals surface area contributed by atoms with E-state index in [0.29, 0.717) is 24.0 Å². The SMILES string of the molecule is O=C(CSc1ncccn1)N1CCC(c2n[nH]c(=O)n2-c2ccccc2)CC1. The van der Waals surface area contributed by atoms with Gasteiger partial charge in [-0.1, -0.05) is 30.0 Å². The number of likely N-dealkylation sites (tertiary alicyclic amines) is 1. The summed E-state index contributed by atoms with van der Waals surface area (Å²) < 4.78 is 1.63. The standard InChI is InChI=1S/C19H20N6O2S/c26-16(13-28-18-20-9-4-10-21-18)24-11-7-14(8-12-24)17-22-23-19(27)25(17)15-5-2-1-3-6-15/h1-6,9-10,14H,7-8,11-13H2,(H,23,27). The highest BCUT2D eigenvalue weighted by atomic mass is 32.2. The molecule has 0 radical (unpaired) electrons. The molecule has 1 aromatic carbocycles. The van der Waals surface area contributed by atoms with Gasteiger partial charge in [0.2, 0.25) is 5.91 Å². The number of aromatic amines is 1. The summed E-state index contributed by atoms with van der Waals surface area (Å²) in [6.07, 6.45) is 4.88. The lowest BCUT2D eigenvalue weighted by atomic mass is 9.95. The Balaban J connectivity index is 1.38. The number of carbonyl (C=O) groups excluding carboxylic acids is 1. The molecule has 0 saturated carbocycles. The highest BCUT2D eigenvalue weighted by Gasteiger charge is 2.28. The summed E-state index contributed by atoms with van der Waals surface area (Å²) in [6, 6.07) is 11.2. The Morgan fingerprint density at radius 3 is 2.54 bits per heavy atom. The van der Waals surface area contributed by atoms with Crippen molar-refractivity contribution in [3.8, 4) is 5.69 Å². The molecule has 0 bridgehead atoms. The van der Waals surface area contributed by atoms with Gasteiger partial charge in [0.1, 0.15) is 5.82 Å². The monoisotopic (exact) mass is 396 g/mol. The fourth-order valence-corrected chi connectivity index (χ4v) is 4.08. The number of nitrogens with zero attached hydrogens (tertiary/aromatic N) is 5. The molecule has 8 nitrogen and oxygen atoms in total. The average molecular weight is 396 g/mol. The summed E-state index contributed by atoms with van der Waals surface area (Å²) in [5.41, 5.74) is 0.563. The third-order valence-corrected chi connectivity index (χ3v) is 5.65. The minimum Gasteiger partial charge on any atom is -0.342 e. The average Bonchev–Trinajstić information content (AvgIpc) is 3.15. The first-order valence-electron chi connectivity index (χ1n) is 9.12. The molecule has 1 aliphatic rings. The van der Waals surface area contributed by atoms with Crippen molar-refractivity contribution in [2.24, 2.45) is 0 Å². The molecule has 144 valence electrons. The van der Waals surface area contributed by atoms with Gasteiger partial charge in [-0.05, 0) is 31.0 Å². The summed E-state index contributed by atoms with van der Waals surface area (Å²) >= 11 is 1.35. The first-order valence-corrected chi connectivity index (χ1v) is 10.1. The lowest BCUT2D eigenvalue weighted by molar-refractivity contribution is -0.129. The minimum absolute atomic E-state index is 0.0818. The molecule has 4 rings (SSSR count). The molecule has 0 aliphatic carbocycles. The molecule has 1 saturated heterocycles. The molecule has 3 aromatic rings. The van der Waals surface area contributed by atoms with Crippen molar-refractivity contribution in [2.45, 2.75) is 23.9 Å². The van der Waals surface area contributed by atoms with Crippen LogP contribution in [0.4, 0.5) is 0 Å². The van der Waals surface area contributed by atoms with Crippen LogP contribution in [0.1, 0.15) is 24.6 Å². The van der Waals surface area contributed by atoms with Crippen LogP contribution in [-0.4, -0.2) is 54.4 Å². The summed E-state index contributed by atoms with van der Waals surface area (Å²) in [5.74, 6) is 1.27. The van der Waals surface area contributed by atoms with Crippen LogP contribution in [0.3, 0.4) is 0 Å². The van der Waals surface area contributed by atoms with Gasteiger partial charge in [-0.2, -0.15) is 5.10 Å². The zero-order valence-electron chi connectivity index (χ0n) is 15.2. The molecule has 2 aromatic heterocycles. The summed E-state index contributed by atoms with van der Waals surface area (Å²) in [4.78, 5) is 34.8. The van der Waals surface area contributed by atoms with E-state index in [1.165, 1.54) is 11.8 Å². The minimum atomic E-state index is -0.237. The van der Waals surface area contributed by atoms with Gasteiger partial charge < -0.3 is 4.90 Å².